The lowest BCUT2D eigenvalue weighted by Crippen LogP contribution is -2.31. The molecule has 1 N–H and O–H groups in total. The van der Waals surface area contributed by atoms with Crippen LogP contribution in [0.15, 0.2) is 42.9 Å². The number of likely N-dealkylation sites (tertiary alicyclic amines) is 1. The van der Waals surface area contributed by atoms with E-state index in [1.165, 1.54) is 0 Å². The van der Waals surface area contributed by atoms with Gasteiger partial charge in [0.2, 0.25) is 0 Å². The van der Waals surface area contributed by atoms with Crippen molar-refractivity contribution >= 4 is 11.9 Å². The summed E-state index contributed by atoms with van der Waals surface area (Å²) in [4.78, 5) is 30.3. The van der Waals surface area contributed by atoms with Gasteiger partial charge in [-0.05, 0) is 36.8 Å². The molecule has 0 spiro atoms. The monoisotopic (exact) mass is 325 g/mol. The lowest BCUT2D eigenvalue weighted by molar-refractivity contribution is -0.142. The van der Waals surface area contributed by atoms with Crippen molar-refractivity contribution < 1.29 is 14.7 Å². The Bertz CT molecular complexity index is 767. The third kappa shape index (κ3) is 2.58. The van der Waals surface area contributed by atoms with Gasteiger partial charge in [0.1, 0.15) is 5.69 Å². The van der Waals surface area contributed by atoms with E-state index in [0.717, 1.165) is 18.5 Å². The van der Waals surface area contributed by atoms with E-state index >= 15 is 0 Å². The molecule has 0 radical (unpaired) electrons. The minimum absolute atomic E-state index is 0.0829. The Balaban J connectivity index is 1.59. The highest BCUT2D eigenvalue weighted by molar-refractivity contribution is 5.93. The van der Waals surface area contributed by atoms with E-state index in [0.29, 0.717) is 18.2 Å². The van der Waals surface area contributed by atoms with Gasteiger partial charge in [-0.2, -0.15) is 0 Å². The van der Waals surface area contributed by atoms with Gasteiger partial charge in [0.25, 0.3) is 5.91 Å². The summed E-state index contributed by atoms with van der Waals surface area (Å²) in [5.74, 6) is -0.846. The maximum atomic E-state index is 12.9. The fraction of sp³-hybridized carbons (Fsp3) is 0.389. The average Bonchev–Trinajstić information content (AvgIpc) is 3.15. The predicted octanol–water partition coefficient (Wildman–Crippen LogP) is 2.06. The van der Waals surface area contributed by atoms with Crippen LogP contribution in [0.25, 0.3) is 5.69 Å². The molecule has 1 aromatic carbocycles. The van der Waals surface area contributed by atoms with Crippen LogP contribution in [0.5, 0.6) is 0 Å². The van der Waals surface area contributed by atoms with Gasteiger partial charge < -0.3 is 10.0 Å². The molecular weight excluding hydrogens is 306 g/mol. The van der Waals surface area contributed by atoms with Crippen LogP contribution in [0.3, 0.4) is 0 Å². The summed E-state index contributed by atoms with van der Waals surface area (Å²) in [7, 11) is 0. The molecule has 1 aromatic heterocycles. The van der Waals surface area contributed by atoms with Crippen molar-refractivity contribution in [3.8, 4) is 5.69 Å². The molecule has 1 saturated carbocycles. The molecule has 1 aliphatic heterocycles. The first-order valence-corrected chi connectivity index (χ1v) is 8.25. The second-order valence-corrected chi connectivity index (χ2v) is 6.64. The highest BCUT2D eigenvalue weighted by Crippen LogP contribution is 2.44. The first kappa shape index (κ1) is 14.9. The van der Waals surface area contributed by atoms with E-state index < -0.39 is 11.9 Å². The topological polar surface area (TPSA) is 75.4 Å². The summed E-state index contributed by atoms with van der Waals surface area (Å²) in [5, 5.41) is 9.47. The summed E-state index contributed by atoms with van der Waals surface area (Å²) in [5.41, 5.74) is 1.34. The standard InChI is InChI=1S/C18H19N3O3/c22-17(16-8-19-11-21(16)13-4-2-1-3-5-13)20-9-14(12-6-7-12)15(10-20)18(23)24/h1-5,8,11-12,14-15H,6-7,9-10H2,(H,23,24)/t14-,15+/m1/s1. The van der Waals surface area contributed by atoms with E-state index in [-0.39, 0.29) is 18.4 Å². The largest absolute Gasteiger partial charge is 0.481 e. The van der Waals surface area contributed by atoms with Gasteiger partial charge in [0, 0.05) is 18.8 Å². The SMILES string of the molecule is O=C(O)[C@H]1CN(C(=O)c2cncn2-c2ccccc2)C[C@@H]1C1CC1. The van der Waals surface area contributed by atoms with Crippen LogP contribution >= 0.6 is 0 Å². The summed E-state index contributed by atoms with van der Waals surface area (Å²) in [6.07, 6.45) is 5.33. The molecule has 2 aliphatic rings. The molecule has 0 bridgehead atoms. The zero-order chi connectivity index (χ0) is 16.7. The van der Waals surface area contributed by atoms with Crippen molar-refractivity contribution in [2.24, 2.45) is 17.8 Å². The highest BCUT2D eigenvalue weighted by Gasteiger charge is 2.47. The van der Waals surface area contributed by atoms with Crippen molar-refractivity contribution in [2.75, 3.05) is 13.1 Å². The molecule has 124 valence electrons. The van der Waals surface area contributed by atoms with Crippen LogP contribution < -0.4 is 0 Å². The maximum absolute atomic E-state index is 12.9. The maximum Gasteiger partial charge on any atom is 0.308 e. The van der Waals surface area contributed by atoms with Gasteiger partial charge in [-0.25, -0.2) is 4.98 Å². The smallest absolute Gasteiger partial charge is 0.308 e. The number of para-hydroxylation sites is 1. The average molecular weight is 325 g/mol. The summed E-state index contributed by atoms with van der Waals surface area (Å²) in [6.45, 7) is 0.815. The number of aliphatic carboxylic acids is 1. The lowest BCUT2D eigenvalue weighted by Gasteiger charge is -2.17. The van der Waals surface area contributed by atoms with E-state index in [1.807, 2.05) is 30.3 Å². The zero-order valence-corrected chi connectivity index (χ0v) is 13.2. The number of rotatable bonds is 4. The molecular formula is C18H19N3O3. The van der Waals surface area contributed by atoms with Crippen LogP contribution in [0.2, 0.25) is 0 Å². The first-order chi connectivity index (χ1) is 11.6. The molecule has 1 amide bonds. The van der Waals surface area contributed by atoms with E-state index in [9.17, 15) is 14.7 Å². The fourth-order valence-electron chi connectivity index (χ4n) is 3.67. The third-order valence-electron chi connectivity index (χ3n) is 5.09. The van der Waals surface area contributed by atoms with Crippen LogP contribution in [-0.2, 0) is 4.79 Å². The van der Waals surface area contributed by atoms with Crippen molar-refractivity contribution in [3.05, 3.63) is 48.5 Å². The highest BCUT2D eigenvalue weighted by atomic mass is 16.4. The molecule has 1 aliphatic carbocycles. The van der Waals surface area contributed by atoms with Gasteiger partial charge >= 0.3 is 5.97 Å². The Kier molecular flexibility index (Phi) is 3.59. The Labute approximate surface area is 139 Å². The summed E-state index contributed by atoms with van der Waals surface area (Å²) >= 11 is 0. The number of aromatic nitrogens is 2. The molecule has 0 unspecified atom stereocenters. The van der Waals surface area contributed by atoms with Gasteiger partial charge in [-0.15, -0.1) is 0 Å². The fourth-order valence-corrected chi connectivity index (χ4v) is 3.67. The second-order valence-electron chi connectivity index (χ2n) is 6.64. The van der Waals surface area contributed by atoms with E-state index in [1.54, 1.807) is 22.0 Å². The summed E-state index contributed by atoms with van der Waals surface area (Å²) in [6, 6.07) is 9.55. The number of amides is 1. The number of benzene rings is 1. The number of nitrogens with zero attached hydrogens (tertiary/aromatic N) is 3. The number of carbonyl (C=O) groups is 2. The molecule has 6 heteroatoms. The number of hydrogen-bond donors (Lipinski definition) is 1. The normalized spacial score (nSPS) is 23.4. The second kappa shape index (κ2) is 5.78. The van der Waals surface area contributed by atoms with Crippen LogP contribution in [0.4, 0.5) is 0 Å². The molecule has 2 atom stereocenters. The molecule has 2 fully saturated rings. The third-order valence-corrected chi connectivity index (χ3v) is 5.09. The van der Waals surface area contributed by atoms with Gasteiger partial charge in [0.05, 0.1) is 18.4 Å². The number of carboxylic acid groups (broad SMARTS) is 1. The van der Waals surface area contributed by atoms with Gasteiger partial charge in [-0.3, -0.25) is 14.2 Å². The van der Waals surface area contributed by atoms with Crippen LogP contribution in [0.1, 0.15) is 23.3 Å². The van der Waals surface area contributed by atoms with Crippen LogP contribution in [-0.4, -0.2) is 44.5 Å². The van der Waals surface area contributed by atoms with Gasteiger partial charge in [0.15, 0.2) is 0 Å². The predicted molar refractivity (Wildman–Crippen MR) is 86.8 cm³/mol. The van der Waals surface area contributed by atoms with Gasteiger partial charge in [-0.1, -0.05) is 18.2 Å². The Hall–Kier alpha value is -2.63. The molecule has 1 saturated heterocycles. The number of carboxylic acids is 1. The zero-order valence-electron chi connectivity index (χ0n) is 13.2. The Morgan fingerprint density at radius 3 is 2.54 bits per heavy atom. The molecule has 6 nitrogen and oxygen atoms in total. The first-order valence-electron chi connectivity index (χ1n) is 8.25. The Morgan fingerprint density at radius 1 is 1.12 bits per heavy atom. The summed E-state index contributed by atoms with van der Waals surface area (Å²) < 4.78 is 1.75. The molecule has 2 aromatic rings. The van der Waals surface area contributed by atoms with E-state index in [2.05, 4.69) is 4.98 Å². The Morgan fingerprint density at radius 2 is 1.88 bits per heavy atom. The number of carbonyl (C=O) groups excluding carboxylic acids is 1. The van der Waals surface area contributed by atoms with Crippen molar-refractivity contribution in [1.82, 2.24) is 14.5 Å². The minimum Gasteiger partial charge on any atom is -0.481 e. The van der Waals surface area contributed by atoms with Crippen molar-refractivity contribution in [2.45, 2.75) is 12.8 Å². The number of hydrogen-bond acceptors (Lipinski definition) is 3. The molecule has 4 rings (SSSR count). The number of imidazole rings is 1. The molecule has 2 heterocycles. The molecule has 24 heavy (non-hydrogen) atoms. The minimum atomic E-state index is -0.793. The quantitative estimate of drug-likeness (QED) is 0.933. The van der Waals surface area contributed by atoms with Crippen molar-refractivity contribution in [3.63, 3.8) is 0 Å². The van der Waals surface area contributed by atoms with Crippen molar-refractivity contribution in [1.29, 1.82) is 0 Å². The van der Waals surface area contributed by atoms with E-state index in [4.69, 9.17) is 0 Å². The lowest BCUT2D eigenvalue weighted by atomic mass is 9.92. The van der Waals surface area contributed by atoms with Crippen LogP contribution in [0, 0.1) is 17.8 Å².